The molecule has 0 fully saturated rings. The number of ether oxygens (including phenoxy) is 3. The Balaban J connectivity index is 1.95. The second kappa shape index (κ2) is 12.7. The van der Waals surface area contributed by atoms with Crippen molar-refractivity contribution >= 4 is 0 Å². The molecule has 122 valence electrons. The van der Waals surface area contributed by atoms with Gasteiger partial charge in [-0.05, 0) is 19.4 Å². The van der Waals surface area contributed by atoms with Crippen molar-refractivity contribution in [1.82, 2.24) is 20.3 Å². The highest BCUT2D eigenvalue weighted by Gasteiger charge is 2.00. The minimum absolute atomic E-state index is 0.604. The van der Waals surface area contributed by atoms with Crippen LogP contribution in [0.5, 0.6) is 0 Å². The SMILES string of the molecule is CCCNCc1cn(CCOCCOCCCOC)nn1. The van der Waals surface area contributed by atoms with Gasteiger partial charge in [0.1, 0.15) is 0 Å². The van der Waals surface area contributed by atoms with Crippen molar-refractivity contribution in [2.24, 2.45) is 0 Å². The van der Waals surface area contributed by atoms with E-state index in [9.17, 15) is 0 Å². The molecule has 0 aliphatic rings. The van der Waals surface area contributed by atoms with E-state index in [0.717, 1.165) is 38.2 Å². The topological polar surface area (TPSA) is 70.4 Å². The zero-order valence-electron chi connectivity index (χ0n) is 13.2. The normalized spacial score (nSPS) is 11.1. The lowest BCUT2D eigenvalue weighted by Gasteiger charge is -2.05. The average molecular weight is 300 g/mol. The Kier molecular flexibility index (Phi) is 10.9. The van der Waals surface area contributed by atoms with Crippen LogP contribution in [0.2, 0.25) is 0 Å². The summed E-state index contributed by atoms with van der Waals surface area (Å²) in [6.07, 6.45) is 3.99. The van der Waals surface area contributed by atoms with Crippen LogP contribution < -0.4 is 5.32 Å². The van der Waals surface area contributed by atoms with Gasteiger partial charge in [-0.25, -0.2) is 4.68 Å². The van der Waals surface area contributed by atoms with Crippen LogP contribution in [-0.2, 0) is 27.3 Å². The van der Waals surface area contributed by atoms with E-state index in [1.54, 1.807) is 7.11 Å². The summed E-state index contributed by atoms with van der Waals surface area (Å²) in [5.74, 6) is 0. The highest BCUT2D eigenvalue weighted by molar-refractivity contribution is 4.91. The maximum Gasteiger partial charge on any atom is 0.0964 e. The fourth-order valence-electron chi connectivity index (χ4n) is 1.71. The molecule has 0 aliphatic heterocycles. The molecular weight excluding hydrogens is 272 g/mol. The molecular formula is C14H28N4O3. The summed E-state index contributed by atoms with van der Waals surface area (Å²) in [5, 5.41) is 11.5. The Labute approximate surface area is 126 Å². The molecule has 0 bridgehead atoms. The molecule has 0 amide bonds. The second-order valence-electron chi connectivity index (χ2n) is 4.72. The lowest BCUT2D eigenvalue weighted by Crippen LogP contribution is -2.14. The lowest BCUT2D eigenvalue weighted by molar-refractivity contribution is 0.0366. The molecule has 0 spiro atoms. The second-order valence-corrected chi connectivity index (χ2v) is 4.72. The van der Waals surface area contributed by atoms with Crippen LogP contribution in [0.1, 0.15) is 25.5 Å². The first-order valence-electron chi connectivity index (χ1n) is 7.61. The maximum atomic E-state index is 5.49. The van der Waals surface area contributed by atoms with Crippen molar-refractivity contribution in [2.45, 2.75) is 32.9 Å². The first-order valence-corrected chi connectivity index (χ1v) is 7.61. The summed E-state index contributed by atoms with van der Waals surface area (Å²) in [5.41, 5.74) is 0.963. The number of nitrogens with one attached hydrogen (secondary N) is 1. The highest BCUT2D eigenvalue weighted by atomic mass is 16.5. The summed E-state index contributed by atoms with van der Waals surface area (Å²) in [6.45, 7) is 7.92. The minimum Gasteiger partial charge on any atom is -0.385 e. The molecule has 0 radical (unpaired) electrons. The Morgan fingerprint density at radius 1 is 1.14 bits per heavy atom. The summed E-state index contributed by atoms with van der Waals surface area (Å²) in [4.78, 5) is 0. The summed E-state index contributed by atoms with van der Waals surface area (Å²) >= 11 is 0. The van der Waals surface area contributed by atoms with Gasteiger partial charge in [-0.15, -0.1) is 5.10 Å². The standard InChI is InChI=1S/C14H28N4O3/c1-3-5-15-12-14-13-18(17-16-14)6-9-21-11-10-20-8-4-7-19-2/h13,15H,3-12H2,1-2H3. The maximum absolute atomic E-state index is 5.49. The Bertz CT molecular complexity index is 347. The minimum atomic E-state index is 0.604. The van der Waals surface area contributed by atoms with E-state index in [2.05, 4.69) is 22.6 Å². The molecule has 0 aromatic carbocycles. The van der Waals surface area contributed by atoms with Gasteiger partial charge in [0.05, 0.1) is 32.1 Å². The van der Waals surface area contributed by atoms with Gasteiger partial charge in [-0.2, -0.15) is 0 Å². The Morgan fingerprint density at radius 2 is 1.95 bits per heavy atom. The molecule has 21 heavy (non-hydrogen) atoms. The van der Waals surface area contributed by atoms with Gasteiger partial charge in [-0.1, -0.05) is 12.1 Å². The molecule has 0 atom stereocenters. The smallest absolute Gasteiger partial charge is 0.0964 e. The van der Waals surface area contributed by atoms with E-state index in [1.165, 1.54) is 0 Å². The summed E-state index contributed by atoms with van der Waals surface area (Å²) < 4.78 is 17.6. The third kappa shape index (κ3) is 9.52. The van der Waals surface area contributed by atoms with Crippen LogP contribution >= 0.6 is 0 Å². The third-order valence-electron chi connectivity index (χ3n) is 2.79. The molecule has 0 saturated carbocycles. The Hall–Kier alpha value is -1.02. The van der Waals surface area contributed by atoms with Crippen LogP contribution in [-0.4, -0.2) is 61.7 Å². The zero-order chi connectivity index (χ0) is 15.2. The van der Waals surface area contributed by atoms with Gasteiger partial charge in [0.25, 0.3) is 0 Å². The van der Waals surface area contributed by atoms with Crippen molar-refractivity contribution in [3.63, 3.8) is 0 Å². The van der Waals surface area contributed by atoms with Gasteiger partial charge in [0.15, 0.2) is 0 Å². The van der Waals surface area contributed by atoms with Crippen LogP contribution in [0.3, 0.4) is 0 Å². The molecule has 7 heteroatoms. The first-order chi connectivity index (χ1) is 10.4. The quantitative estimate of drug-likeness (QED) is 0.514. The van der Waals surface area contributed by atoms with E-state index in [0.29, 0.717) is 33.0 Å². The molecule has 1 rings (SSSR count). The zero-order valence-corrected chi connectivity index (χ0v) is 13.2. The number of hydrogen-bond donors (Lipinski definition) is 1. The van der Waals surface area contributed by atoms with Crippen molar-refractivity contribution in [2.75, 3.05) is 46.7 Å². The van der Waals surface area contributed by atoms with Crippen molar-refractivity contribution < 1.29 is 14.2 Å². The number of methoxy groups -OCH3 is 1. The van der Waals surface area contributed by atoms with Gasteiger partial charge in [-0.3, -0.25) is 0 Å². The van der Waals surface area contributed by atoms with E-state index in [4.69, 9.17) is 14.2 Å². The van der Waals surface area contributed by atoms with Crippen LogP contribution in [0, 0.1) is 0 Å². The Morgan fingerprint density at radius 3 is 2.71 bits per heavy atom. The van der Waals surface area contributed by atoms with E-state index in [1.807, 2.05) is 10.9 Å². The summed E-state index contributed by atoms with van der Waals surface area (Å²) in [7, 11) is 1.69. The number of hydrogen-bond acceptors (Lipinski definition) is 6. The molecule has 0 aliphatic carbocycles. The molecule has 1 N–H and O–H groups in total. The van der Waals surface area contributed by atoms with Crippen molar-refractivity contribution in [1.29, 1.82) is 0 Å². The lowest BCUT2D eigenvalue weighted by atomic mass is 10.4. The fourth-order valence-corrected chi connectivity index (χ4v) is 1.71. The number of aromatic nitrogens is 3. The predicted octanol–water partition coefficient (Wildman–Crippen LogP) is 0.847. The molecule has 0 saturated heterocycles. The van der Waals surface area contributed by atoms with Crippen LogP contribution in [0.25, 0.3) is 0 Å². The average Bonchev–Trinajstić information content (AvgIpc) is 2.94. The van der Waals surface area contributed by atoms with Crippen molar-refractivity contribution in [3.05, 3.63) is 11.9 Å². The van der Waals surface area contributed by atoms with Crippen LogP contribution in [0.4, 0.5) is 0 Å². The van der Waals surface area contributed by atoms with Crippen LogP contribution in [0.15, 0.2) is 6.20 Å². The van der Waals surface area contributed by atoms with Crippen molar-refractivity contribution in [3.8, 4) is 0 Å². The first kappa shape index (κ1) is 18.0. The largest absolute Gasteiger partial charge is 0.385 e. The predicted molar refractivity (Wildman–Crippen MR) is 80.2 cm³/mol. The van der Waals surface area contributed by atoms with E-state index < -0.39 is 0 Å². The number of rotatable bonds is 14. The van der Waals surface area contributed by atoms with E-state index in [-0.39, 0.29) is 0 Å². The molecule has 1 aromatic rings. The summed E-state index contributed by atoms with van der Waals surface area (Å²) in [6, 6.07) is 0. The fraction of sp³-hybridized carbons (Fsp3) is 0.857. The van der Waals surface area contributed by atoms with Gasteiger partial charge >= 0.3 is 0 Å². The number of nitrogens with zero attached hydrogens (tertiary/aromatic N) is 3. The highest BCUT2D eigenvalue weighted by Crippen LogP contribution is 1.93. The van der Waals surface area contributed by atoms with Gasteiger partial charge in [0, 0.05) is 33.1 Å². The molecule has 1 heterocycles. The third-order valence-corrected chi connectivity index (χ3v) is 2.79. The monoisotopic (exact) mass is 300 g/mol. The van der Waals surface area contributed by atoms with Gasteiger partial charge < -0.3 is 19.5 Å². The molecule has 7 nitrogen and oxygen atoms in total. The van der Waals surface area contributed by atoms with Gasteiger partial charge in [0.2, 0.25) is 0 Å². The van der Waals surface area contributed by atoms with E-state index >= 15 is 0 Å². The molecule has 1 aromatic heterocycles. The molecule has 0 unspecified atom stereocenters.